The molecule has 0 aliphatic carbocycles. The van der Waals surface area contributed by atoms with E-state index >= 15 is 0 Å². The van der Waals surface area contributed by atoms with Crippen LogP contribution in [0, 0.1) is 6.07 Å². The molecule has 0 saturated carbocycles. The normalized spacial score (nSPS) is 12.3. The van der Waals surface area contributed by atoms with Gasteiger partial charge < -0.3 is 11.1 Å². The number of nitrogens with two attached hydrogens (primary N) is 1. The second-order valence-electron chi connectivity index (χ2n) is 3.82. The number of rotatable bonds is 8. The van der Waals surface area contributed by atoms with Crippen molar-refractivity contribution in [3.05, 3.63) is 24.3 Å². The molecule has 0 aliphatic heterocycles. The van der Waals surface area contributed by atoms with E-state index in [9.17, 15) is 16.8 Å². The molecular formula is C10H16N3O5S2. The Balaban J connectivity index is 2.86. The van der Waals surface area contributed by atoms with Crippen LogP contribution in [0.15, 0.2) is 23.1 Å². The Morgan fingerprint density at radius 3 is 2.55 bits per heavy atom. The van der Waals surface area contributed by atoms with Crippen LogP contribution in [-0.4, -0.2) is 46.8 Å². The summed E-state index contributed by atoms with van der Waals surface area (Å²) >= 11 is 0. The zero-order valence-electron chi connectivity index (χ0n) is 10.5. The fourth-order valence-electron chi connectivity index (χ4n) is 1.37. The van der Waals surface area contributed by atoms with E-state index in [4.69, 9.17) is 10.3 Å². The Morgan fingerprint density at radius 2 is 1.95 bits per heavy atom. The molecule has 0 atom stereocenters. The zero-order chi connectivity index (χ0) is 15.2. The van der Waals surface area contributed by atoms with Crippen LogP contribution in [0.3, 0.4) is 0 Å². The monoisotopic (exact) mass is 322 g/mol. The van der Waals surface area contributed by atoms with Crippen molar-refractivity contribution in [2.75, 3.05) is 30.7 Å². The third kappa shape index (κ3) is 5.43. The van der Waals surface area contributed by atoms with Crippen LogP contribution in [0.2, 0.25) is 0 Å². The van der Waals surface area contributed by atoms with Gasteiger partial charge in [-0.15, -0.1) is 0 Å². The average Bonchev–Trinajstić information content (AvgIpc) is 2.34. The van der Waals surface area contributed by atoms with Crippen molar-refractivity contribution in [1.29, 1.82) is 0 Å². The van der Waals surface area contributed by atoms with E-state index in [2.05, 4.69) is 16.1 Å². The summed E-state index contributed by atoms with van der Waals surface area (Å²) in [6.07, 6.45) is 0. The number of sulfonamides is 1. The molecule has 8 nitrogen and oxygen atoms in total. The quantitative estimate of drug-likeness (QED) is 0.451. The zero-order valence-corrected chi connectivity index (χ0v) is 12.2. The van der Waals surface area contributed by atoms with Gasteiger partial charge in [0, 0.05) is 19.6 Å². The molecule has 0 unspecified atom stereocenters. The van der Waals surface area contributed by atoms with Crippen molar-refractivity contribution in [2.45, 2.75) is 4.90 Å². The predicted molar refractivity (Wildman–Crippen MR) is 74.4 cm³/mol. The third-order valence-electron chi connectivity index (χ3n) is 2.23. The summed E-state index contributed by atoms with van der Waals surface area (Å²) in [5.74, 6) is -0.700. The summed E-state index contributed by atoms with van der Waals surface area (Å²) in [7, 11) is -8.12. The molecule has 1 radical (unpaired) electrons. The van der Waals surface area contributed by atoms with Gasteiger partial charge in [-0.2, -0.15) is 8.42 Å². The Kier molecular flexibility index (Phi) is 5.89. The van der Waals surface area contributed by atoms with E-state index in [0.717, 1.165) is 0 Å². The Hall–Kier alpha value is -1.20. The summed E-state index contributed by atoms with van der Waals surface area (Å²) < 4.78 is 55.8. The largest absolute Gasteiger partial charge is 0.383 e. The van der Waals surface area contributed by atoms with Crippen LogP contribution in [0.4, 0.5) is 5.69 Å². The fraction of sp³-hybridized carbons (Fsp3) is 0.400. The van der Waals surface area contributed by atoms with Crippen molar-refractivity contribution in [1.82, 2.24) is 4.72 Å². The topological polar surface area (TPSA) is 139 Å². The summed E-state index contributed by atoms with van der Waals surface area (Å²) in [6.45, 7) is 0.290. The highest BCUT2D eigenvalue weighted by atomic mass is 32.2. The average molecular weight is 322 g/mol. The van der Waals surface area contributed by atoms with Crippen molar-refractivity contribution in [2.24, 2.45) is 5.73 Å². The lowest BCUT2D eigenvalue weighted by molar-refractivity contribution is 0.482. The summed E-state index contributed by atoms with van der Waals surface area (Å²) in [5, 5.41) is 2.84. The van der Waals surface area contributed by atoms with Gasteiger partial charge in [0.25, 0.3) is 10.1 Å². The van der Waals surface area contributed by atoms with Crippen molar-refractivity contribution >= 4 is 25.8 Å². The second kappa shape index (κ2) is 6.99. The maximum absolute atomic E-state index is 12.0. The Labute approximate surface area is 118 Å². The van der Waals surface area contributed by atoms with Gasteiger partial charge in [0.15, 0.2) is 0 Å². The molecule has 1 aromatic carbocycles. The molecule has 0 amide bonds. The molecule has 0 fully saturated rings. The fourth-order valence-corrected chi connectivity index (χ4v) is 3.04. The minimum atomic E-state index is -4.22. The number of nitrogens with one attached hydrogen (secondary N) is 2. The molecule has 5 N–H and O–H groups in total. The first-order valence-electron chi connectivity index (χ1n) is 5.65. The molecule has 10 heteroatoms. The van der Waals surface area contributed by atoms with Crippen molar-refractivity contribution in [3.8, 4) is 0 Å². The van der Waals surface area contributed by atoms with Crippen LogP contribution in [0.5, 0.6) is 0 Å². The highest BCUT2D eigenvalue weighted by Gasteiger charge is 2.18. The minimum Gasteiger partial charge on any atom is -0.383 e. The number of hydrogen-bond donors (Lipinski definition) is 4. The van der Waals surface area contributed by atoms with Crippen LogP contribution in [0.1, 0.15) is 0 Å². The summed E-state index contributed by atoms with van der Waals surface area (Å²) in [4.78, 5) is -0.0659. The van der Waals surface area contributed by atoms with E-state index in [1.165, 1.54) is 18.2 Å². The second-order valence-corrected chi connectivity index (χ2v) is 7.13. The molecule has 0 saturated heterocycles. The van der Waals surface area contributed by atoms with Gasteiger partial charge >= 0.3 is 0 Å². The standard InChI is InChI=1S/C10H16N3O5S2/c11-5-6-12-9-3-1-2-4-10(9)20(17,18)13-7-8-19(14,15)16/h1,3-4,12-13H,5-8,11H2,(H,14,15,16). The van der Waals surface area contributed by atoms with Gasteiger partial charge in [-0.05, 0) is 18.2 Å². The lowest BCUT2D eigenvalue weighted by Gasteiger charge is -2.12. The molecule has 0 aliphatic rings. The number of anilines is 1. The van der Waals surface area contributed by atoms with E-state index in [1.807, 2.05) is 0 Å². The summed E-state index contributed by atoms with van der Waals surface area (Å²) in [6, 6.07) is 6.95. The molecule has 0 bridgehead atoms. The highest BCUT2D eigenvalue weighted by Crippen LogP contribution is 2.19. The highest BCUT2D eigenvalue weighted by molar-refractivity contribution is 7.89. The van der Waals surface area contributed by atoms with Crippen molar-refractivity contribution < 1.29 is 21.4 Å². The lowest BCUT2D eigenvalue weighted by atomic mass is 10.3. The molecule has 0 aromatic heterocycles. The van der Waals surface area contributed by atoms with Crippen LogP contribution in [-0.2, 0) is 20.1 Å². The SMILES string of the molecule is NCCNc1cc[c]cc1S(=O)(=O)NCCS(=O)(=O)O. The molecular weight excluding hydrogens is 306 g/mol. The molecule has 20 heavy (non-hydrogen) atoms. The van der Waals surface area contributed by atoms with E-state index in [-0.39, 0.29) is 4.90 Å². The molecule has 113 valence electrons. The van der Waals surface area contributed by atoms with Crippen molar-refractivity contribution in [3.63, 3.8) is 0 Å². The van der Waals surface area contributed by atoms with Gasteiger partial charge in [-0.25, -0.2) is 13.1 Å². The van der Waals surface area contributed by atoms with Crippen LogP contribution in [0.25, 0.3) is 0 Å². The van der Waals surface area contributed by atoms with E-state index < -0.39 is 32.4 Å². The van der Waals surface area contributed by atoms with Gasteiger partial charge in [-0.3, -0.25) is 4.55 Å². The molecule has 1 rings (SSSR count). The van der Waals surface area contributed by atoms with E-state index in [0.29, 0.717) is 18.8 Å². The first-order chi connectivity index (χ1) is 9.26. The van der Waals surface area contributed by atoms with Gasteiger partial charge in [-0.1, -0.05) is 6.07 Å². The maximum atomic E-state index is 12.0. The number of hydrogen-bond acceptors (Lipinski definition) is 6. The number of benzene rings is 1. The maximum Gasteiger partial charge on any atom is 0.266 e. The first-order valence-corrected chi connectivity index (χ1v) is 8.74. The lowest BCUT2D eigenvalue weighted by Crippen LogP contribution is -2.29. The third-order valence-corrected chi connectivity index (χ3v) is 4.45. The van der Waals surface area contributed by atoms with Gasteiger partial charge in [0.2, 0.25) is 10.0 Å². The first kappa shape index (κ1) is 16.9. The minimum absolute atomic E-state index is 0.0659. The molecule has 0 spiro atoms. The predicted octanol–water partition coefficient (Wildman–Crippen LogP) is -0.977. The van der Waals surface area contributed by atoms with E-state index in [1.54, 1.807) is 0 Å². The Morgan fingerprint density at radius 1 is 1.25 bits per heavy atom. The molecule has 1 aromatic rings. The summed E-state index contributed by atoms with van der Waals surface area (Å²) in [5.41, 5.74) is 5.67. The van der Waals surface area contributed by atoms with Gasteiger partial charge in [0.05, 0.1) is 11.4 Å². The van der Waals surface area contributed by atoms with Crippen LogP contribution >= 0.6 is 0 Å². The van der Waals surface area contributed by atoms with Crippen LogP contribution < -0.4 is 15.8 Å². The molecule has 0 heterocycles. The Bertz CT molecular complexity index is 643. The van der Waals surface area contributed by atoms with Gasteiger partial charge in [0.1, 0.15) is 4.90 Å². The smallest absolute Gasteiger partial charge is 0.266 e.